The van der Waals surface area contributed by atoms with Crippen LogP contribution < -0.4 is 5.73 Å². The third-order valence-corrected chi connectivity index (χ3v) is 3.56. The van der Waals surface area contributed by atoms with Gasteiger partial charge in [0.25, 0.3) is 0 Å². The Bertz CT molecular complexity index is 302. The van der Waals surface area contributed by atoms with Gasteiger partial charge in [-0.3, -0.25) is 0 Å². The van der Waals surface area contributed by atoms with Gasteiger partial charge in [-0.15, -0.1) is 0 Å². The Morgan fingerprint density at radius 3 is 2.50 bits per heavy atom. The summed E-state index contributed by atoms with van der Waals surface area (Å²) in [4.78, 5) is 2.50. The molecule has 0 saturated carbocycles. The largest absolute Gasteiger partial charge is 0.323 e. The van der Waals surface area contributed by atoms with E-state index in [4.69, 9.17) is 5.73 Å². The molecule has 88 valence electrons. The van der Waals surface area contributed by atoms with Crippen molar-refractivity contribution < 1.29 is 0 Å². The van der Waals surface area contributed by atoms with Crippen LogP contribution in [0.3, 0.4) is 0 Å². The molecular weight excluding hydrogens is 196 g/mol. The van der Waals surface area contributed by atoms with Crippen LogP contribution in [0.15, 0.2) is 30.3 Å². The zero-order valence-electron chi connectivity index (χ0n) is 10.1. The first-order valence-electron chi connectivity index (χ1n) is 6.28. The first kappa shape index (κ1) is 11.6. The highest BCUT2D eigenvalue weighted by molar-refractivity contribution is 5.18. The first-order chi connectivity index (χ1) is 7.75. The second-order valence-corrected chi connectivity index (χ2v) is 5.00. The second kappa shape index (κ2) is 5.46. The molecule has 1 fully saturated rings. The highest BCUT2D eigenvalue weighted by Crippen LogP contribution is 2.18. The van der Waals surface area contributed by atoms with E-state index < -0.39 is 0 Å². The predicted molar refractivity (Wildman–Crippen MR) is 68.2 cm³/mol. The van der Waals surface area contributed by atoms with Crippen LogP contribution in [0.5, 0.6) is 0 Å². The Morgan fingerprint density at radius 2 is 1.88 bits per heavy atom. The van der Waals surface area contributed by atoms with E-state index in [1.165, 1.54) is 31.5 Å². The Balaban J connectivity index is 1.86. The van der Waals surface area contributed by atoms with E-state index in [1.54, 1.807) is 0 Å². The van der Waals surface area contributed by atoms with Crippen LogP contribution in [0.25, 0.3) is 0 Å². The van der Waals surface area contributed by atoms with Crippen LogP contribution in [0, 0.1) is 5.92 Å². The zero-order chi connectivity index (χ0) is 11.4. The quantitative estimate of drug-likeness (QED) is 0.844. The maximum absolute atomic E-state index is 6.22. The fourth-order valence-corrected chi connectivity index (χ4v) is 2.33. The van der Waals surface area contributed by atoms with Gasteiger partial charge in [0.15, 0.2) is 0 Å². The molecule has 0 aliphatic carbocycles. The third-order valence-electron chi connectivity index (χ3n) is 3.56. The molecular formula is C14H22N2. The van der Waals surface area contributed by atoms with Crippen molar-refractivity contribution in [2.24, 2.45) is 11.7 Å². The summed E-state index contributed by atoms with van der Waals surface area (Å²) in [5.74, 6) is 0.893. The van der Waals surface area contributed by atoms with Gasteiger partial charge in [-0.1, -0.05) is 37.3 Å². The molecule has 2 rings (SSSR count). The Morgan fingerprint density at radius 1 is 1.25 bits per heavy atom. The Kier molecular flexibility index (Phi) is 3.97. The summed E-state index contributed by atoms with van der Waals surface area (Å²) in [5, 5.41) is 0. The van der Waals surface area contributed by atoms with Crippen molar-refractivity contribution in [3.63, 3.8) is 0 Å². The van der Waals surface area contributed by atoms with Crippen molar-refractivity contribution >= 4 is 0 Å². The molecule has 1 aromatic rings. The molecule has 1 aliphatic rings. The molecule has 2 nitrogen and oxygen atoms in total. The monoisotopic (exact) mass is 218 g/mol. The fourth-order valence-electron chi connectivity index (χ4n) is 2.33. The minimum Gasteiger partial charge on any atom is -0.323 e. The summed E-state index contributed by atoms with van der Waals surface area (Å²) >= 11 is 0. The van der Waals surface area contributed by atoms with Crippen LogP contribution in [-0.4, -0.2) is 24.5 Å². The van der Waals surface area contributed by atoms with Crippen LogP contribution >= 0.6 is 0 Å². The van der Waals surface area contributed by atoms with E-state index in [1.807, 2.05) is 6.07 Å². The maximum Gasteiger partial charge on any atom is 0.0424 e. The average molecular weight is 218 g/mol. The van der Waals surface area contributed by atoms with Gasteiger partial charge < -0.3 is 10.6 Å². The lowest BCUT2D eigenvalue weighted by Gasteiger charge is -2.32. The van der Waals surface area contributed by atoms with E-state index in [2.05, 4.69) is 36.1 Å². The summed E-state index contributed by atoms with van der Waals surface area (Å²) in [6.07, 6.45) is 2.64. The van der Waals surface area contributed by atoms with Crippen molar-refractivity contribution in [3.05, 3.63) is 35.9 Å². The van der Waals surface area contributed by atoms with Crippen LogP contribution in [0.2, 0.25) is 0 Å². The first-order valence-corrected chi connectivity index (χ1v) is 6.28. The van der Waals surface area contributed by atoms with E-state index in [0.717, 1.165) is 12.5 Å². The molecule has 0 spiro atoms. The highest BCUT2D eigenvalue weighted by atomic mass is 15.1. The zero-order valence-corrected chi connectivity index (χ0v) is 10.1. The van der Waals surface area contributed by atoms with Crippen molar-refractivity contribution in [1.82, 2.24) is 4.90 Å². The highest BCUT2D eigenvalue weighted by Gasteiger charge is 2.18. The SMILES string of the molecule is CC1CCN(C[C@H](N)c2ccccc2)CC1. The lowest BCUT2D eigenvalue weighted by Crippen LogP contribution is -2.38. The molecule has 1 heterocycles. The van der Waals surface area contributed by atoms with Crippen LogP contribution in [0.4, 0.5) is 0 Å². The number of likely N-dealkylation sites (tertiary alicyclic amines) is 1. The van der Waals surface area contributed by atoms with Crippen molar-refractivity contribution in [3.8, 4) is 0 Å². The Hall–Kier alpha value is -0.860. The van der Waals surface area contributed by atoms with Crippen molar-refractivity contribution in [2.75, 3.05) is 19.6 Å². The van der Waals surface area contributed by atoms with E-state index in [9.17, 15) is 0 Å². The normalized spacial score (nSPS) is 20.9. The minimum atomic E-state index is 0.162. The van der Waals surface area contributed by atoms with E-state index >= 15 is 0 Å². The van der Waals surface area contributed by atoms with Crippen LogP contribution in [0.1, 0.15) is 31.4 Å². The lowest BCUT2D eigenvalue weighted by atomic mass is 9.98. The topological polar surface area (TPSA) is 29.3 Å². The molecule has 2 N–H and O–H groups in total. The second-order valence-electron chi connectivity index (χ2n) is 5.00. The number of benzene rings is 1. The van der Waals surface area contributed by atoms with E-state index in [-0.39, 0.29) is 6.04 Å². The van der Waals surface area contributed by atoms with Gasteiger partial charge in [0.05, 0.1) is 0 Å². The molecule has 0 aromatic heterocycles. The third kappa shape index (κ3) is 3.06. The van der Waals surface area contributed by atoms with Crippen molar-refractivity contribution in [2.45, 2.75) is 25.8 Å². The molecule has 1 atom stereocenters. The molecule has 1 aliphatic heterocycles. The standard InChI is InChI=1S/C14H22N2/c1-12-7-9-16(10-8-12)11-14(15)13-5-3-2-4-6-13/h2-6,12,14H,7-11,15H2,1H3/t14-/m0/s1. The van der Waals surface area contributed by atoms with Crippen molar-refractivity contribution in [1.29, 1.82) is 0 Å². The smallest absolute Gasteiger partial charge is 0.0424 e. The van der Waals surface area contributed by atoms with Gasteiger partial charge in [0.1, 0.15) is 0 Å². The average Bonchev–Trinajstić information content (AvgIpc) is 2.33. The van der Waals surface area contributed by atoms with Gasteiger partial charge >= 0.3 is 0 Å². The van der Waals surface area contributed by atoms with Gasteiger partial charge in [-0.05, 0) is 37.4 Å². The molecule has 0 unspecified atom stereocenters. The summed E-state index contributed by atoms with van der Waals surface area (Å²) in [6, 6.07) is 10.6. The maximum atomic E-state index is 6.22. The Labute approximate surface area is 98.4 Å². The van der Waals surface area contributed by atoms with E-state index in [0.29, 0.717) is 0 Å². The number of rotatable bonds is 3. The number of hydrogen-bond acceptors (Lipinski definition) is 2. The molecule has 16 heavy (non-hydrogen) atoms. The summed E-state index contributed by atoms with van der Waals surface area (Å²) in [7, 11) is 0. The summed E-state index contributed by atoms with van der Waals surface area (Å²) in [5.41, 5.74) is 7.47. The number of nitrogens with zero attached hydrogens (tertiary/aromatic N) is 1. The number of piperidine rings is 1. The number of nitrogens with two attached hydrogens (primary N) is 1. The molecule has 0 radical (unpaired) electrons. The molecule has 0 bridgehead atoms. The van der Waals surface area contributed by atoms with Gasteiger partial charge in [-0.25, -0.2) is 0 Å². The predicted octanol–water partition coefficient (Wildman–Crippen LogP) is 2.42. The summed E-state index contributed by atoms with van der Waals surface area (Å²) < 4.78 is 0. The fraction of sp³-hybridized carbons (Fsp3) is 0.571. The summed E-state index contributed by atoms with van der Waals surface area (Å²) in [6.45, 7) is 5.76. The van der Waals surface area contributed by atoms with Gasteiger partial charge in [0, 0.05) is 12.6 Å². The molecule has 1 aromatic carbocycles. The lowest BCUT2D eigenvalue weighted by molar-refractivity contribution is 0.183. The van der Waals surface area contributed by atoms with Gasteiger partial charge in [0.2, 0.25) is 0 Å². The van der Waals surface area contributed by atoms with Gasteiger partial charge in [-0.2, -0.15) is 0 Å². The molecule has 1 saturated heterocycles. The molecule has 0 amide bonds. The molecule has 2 heteroatoms. The minimum absolute atomic E-state index is 0.162. The number of hydrogen-bond donors (Lipinski definition) is 1. The van der Waals surface area contributed by atoms with Crippen LogP contribution in [-0.2, 0) is 0 Å².